The van der Waals surface area contributed by atoms with Crippen molar-refractivity contribution in [3.05, 3.63) is 21.9 Å². The molecule has 2 nitrogen and oxygen atoms in total. The molecule has 1 heterocycles. The van der Waals surface area contributed by atoms with Gasteiger partial charge in [-0.15, -0.1) is 22.9 Å². The minimum Gasteiger partial charge on any atom is -0.351 e. The molecular formula is C14H20ClNOS. The van der Waals surface area contributed by atoms with Gasteiger partial charge in [-0.05, 0) is 43.7 Å². The molecule has 1 saturated carbocycles. The second-order valence-electron chi connectivity index (χ2n) is 5.08. The SMILES string of the molecule is Cc1ccc(C(=O)NCC2CCCCC2CCl)s1. The summed E-state index contributed by atoms with van der Waals surface area (Å²) in [4.78, 5) is 14.0. The largest absolute Gasteiger partial charge is 0.351 e. The summed E-state index contributed by atoms with van der Waals surface area (Å²) in [6, 6.07) is 3.89. The zero-order valence-electron chi connectivity index (χ0n) is 10.7. The maximum Gasteiger partial charge on any atom is 0.261 e. The van der Waals surface area contributed by atoms with Crippen LogP contribution in [0.3, 0.4) is 0 Å². The Morgan fingerprint density at radius 3 is 2.72 bits per heavy atom. The maximum atomic E-state index is 12.0. The fourth-order valence-corrected chi connectivity index (χ4v) is 3.81. The summed E-state index contributed by atoms with van der Waals surface area (Å²) >= 11 is 7.55. The van der Waals surface area contributed by atoms with E-state index in [2.05, 4.69) is 5.32 Å². The van der Waals surface area contributed by atoms with Crippen molar-refractivity contribution in [2.24, 2.45) is 11.8 Å². The van der Waals surface area contributed by atoms with Crippen molar-refractivity contribution in [3.8, 4) is 0 Å². The molecule has 2 atom stereocenters. The van der Waals surface area contributed by atoms with E-state index in [-0.39, 0.29) is 5.91 Å². The van der Waals surface area contributed by atoms with E-state index < -0.39 is 0 Å². The highest BCUT2D eigenvalue weighted by Gasteiger charge is 2.24. The van der Waals surface area contributed by atoms with Crippen LogP contribution < -0.4 is 5.32 Å². The molecule has 1 aromatic heterocycles. The molecule has 1 fully saturated rings. The molecule has 2 rings (SSSR count). The van der Waals surface area contributed by atoms with Crippen LogP contribution in [0.15, 0.2) is 12.1 Å². The third-order valence-electron chi connectivity index (χ3n) is 3.75. The van der Waals surface area contributed by atoms with Gasteiger partial charge in [0.2, 0.25) is 0 Å². The van der Waals surface area contributed by atoms with Gasteiger partial charge in [0.05, 0.1) is 4.88 Å². The molecule has 0 radical (unpaired) electrons. The van der Waals surface area contributed by atoms with E-state index >= 15 is 0 Å². The second-order valence-corrected chi connectivity index (χ2v) is 6.68. The zero-order chi connectivity index (χ0) is 13.0. The third kappa shape index (κ3) is 3.48. The summed E-state index contributed by atoms with van der Waals surface area (Å²) < 4.78 is 0. The first kappa shape index (κ1) is 13.9. The number of nitrogens with one attached hydrogen (secondary N) is 1. The predicted octanol–water partition coefficient (Wildman–Crippen LogP) is 3.83. The lowest BCUT2D eigenvalue weighted by Gasteiger charge is -2.30. The highest BCUT2D eigenvalue weighted by molar-refractivity contribution is 7.13. The summed E-state index contributed by atoms with van der Waals surface area (Å²) in [6.07, 6.45) is 4.96. The van der Waals surface area contributed by atoms with Crippen molar-refractivity contribution in [2.45, 2.75) is 32.6 Å². The first-order valence-corrected chi connectivity index (χ1v) is 7.96. The van der Waals surface area contributed by atoms with Gasteiger partial charge in [0.15, 0.2) is 0 Å². The molecule has 0 aromatic carbocycles. The second kappa shape index (κ2) is 6.58. The Hall–Kier alpha value is -0.540. The van der Waals surface area contributed by atoms with E-state index in [1.165, 1.54) is 30.6 Å². The van der Waals surface area contributed by atoms with Crippen molar-refractivity contribution < 1.29 is 4.79 Å². The molecule has 0 bridgehead atoms. The number of hydrogen-bond donors (Lipinski definition) is 1. The average molecular weight is 286 g/mol. The smallest absolute Gasteiger partial charge is 0.261 e. The lowest BCUT2D eigenvalue weighted by Crippen LogP contribution is -2.34. The fraction of sp³-hybridized carbons (Fsp3) is 0.643. The van der Waals surface area contributed by atoms with E-state index in [9.17, 15) is 4.79 Å². The van der Waals surface area contributed by atoms with Gasteiger partial charge in [0.25, 0.3) is 5.91 Å². The van der Waals surface area contributed by atoms with E-state index in [0.29, 0.717) is 11.8 Å². The molecule has 1 amide bonds. The summed E-state index contributed by atoms with van der Waals surface area (Å²) in [5.41, 5.74) is 0. The molecule has 0 spiro atoms. The quantitative estimate of drug-likeness (QED) is 0.837. The summed E-state index contributed by atoms with van der Waals surface area (Å²) in [5.74, 6) is 1.91. The number of carbonyl (C=O) groups excluding carboxylic acids is 1. The normalized spacial score (nSPS) is 23.9. The highest BCUT2D eigenvalue weighted by atomic mass is 35.5. The van der Waals surface area contributed by atoms with Crippen molar-refractivity contribution >= 4 is 28.8 Å². The molecule has 100 valence electrons. The molecular weight excluding hydrogens is 266 g/mol. The molecule has 1 aliphatic rings. The lowest BCUT2D eigenvalue weighted by molar-refractivity contribution is 0.0941. The van der Waals surface area contributed by atoms with Crippen LogP contribution >= 0.6 is 22.9 Å². The van der Waals surface area contributed by atoms with Gasteiger partial charge in [-0.1, -0.05) is 12.8 Å². The van der Waals surface area contributed by atoms with Crippen molar-refractivity contribution in [1.29, 1.82) is 0 Å². The van der Waals surface area contributed by atoms with Crippen LogP contribution in [0, 0.1) is 18.8 Å². The first-order chi connectivity index (χ1) is 8.70. The Labute approximate surface area is 118 Å². The molecule has 18 heavy (non-hydrogen) atoms. The highest BCUT2D eigenvalue weighted by Crippen LogP contribution is 2.30. The van der Waals surface area contributed by atoms with Gasteiger partial charge in [0.1, 0.15) is 0 Å². The molecule has 2 unspecified atom stereocenters. The number of rotatable bonds is 4. The van der Waals surface area contributed by atoms with E-state index in [0.717, 1.165) is 17.3 Å². The Morgan fingerprint density at radius 1 is 1.39 bits per heavy atom. The van der Waals surface area contributed by atoms with E-state index in [1.807, 2.05) is 19.1 Å². The first-order valence-electron chi connectivity index (χ1n) is 6.61. The minimum atomic E-state index is 0.0620. The Bertz CT molecular complexity index is 404. The summed E-state index contributed by atoms with van der Waals surface area (Å²) in [7, 11) is 0. The standard InChI is InChI=1S/C14H20ClNOS/c1-10-6-7-13(18-10)14(17)16-9-12-5-3-2-4-11(12)8-15/h6-7,11-12H,2-5,8-9H2,1H3,(H,16,17). The van der Waals surface area contributed by atoms with Crippen LogP contribution in [0.2, 0.25) is 0 Å². The minimum absolute atomic E-state index is 0.0620. The van der Waals surface area contributed by atoms with E-state index in [4.69, 9.17) is 11.6 Å². The van der Waals surface area contributed by atoms with Crippen molar-refractivity contribution in [3.63, 3.8) is 0 Å². The molecule has 4 heteroatoms. The van der Waals surface area contributed by atoms with Gasteiger partial charge in [-0.25, -0.2) is 0 Å². The molecule has 0 aliphatic heterocycles. The van der Waals surface area contributed by atoms with Crippen LogP contribution in [-0.2, 0) is 0 Å². The van der Waals surface area contributed by atoms with Crippen LogP contribution in [0.1, 0.15) is 40.2 Å². The van der Waals surface area contributed by atoms with Gasteiger partial charge < -0.3 is 5.32 Å². The maximum absolute atomic E-state index is 12.0. The number of hydrogen-bond acceptors (Lipinski definition) is 2. The molecule has 1 aliphatic carbocycles. The van der Waals surface area contributed by atoms with Gasteiger partial charge in [-0.3, -0.25) is 4.79 Å². The molecule has 1 aromatic rings. The third-order valence-corrected chi connectivity index (χ3v) is 5.15. The average Bonchev–Trinajstić information content (AvgIpc) is 2.83. The number of halogens is 1. The van der Waals surface area contributed by atoms with Crippen molar-refractivity contribution in [1.82, 2.24) is 5.32 Å². The van der Waals surface area contributed by atoms with Crippen LogP contribution in [0.5, 0.6) is 0 Å². The fourth-order valence-electron chi connectivity index (χ4n) is 2.62. The van der Waals surface area contributed by atoms with Crippen LogP contribution in [0.4, 0.5) is 0 Å². The monoisotopic (exact) mass is 285 g/mol. The van der Waals surface area contributed by atoms with E-state index in [1.54, 1.807) is 11.3 Å². The Morgan fingerprint density at radius 2 is 2.11 bits per heavy atom. The summed E-state index contributed by atoms with van der Waals surface area (Å²) in [5, 5.41) is 3.06. The lowest BCUT2D eigenvalue weighted by atomic mass is 9.80. The van der Waals surface area contributed by atoms with Crippen LogP contribution in [-0.4, -0.2) is 18.3 Å². The zero-order valence-corrected chi connectivity index (χ0v) is 12.3. The van der Waals surface area contributed by atoms with Gasteiger partial charge >= 0.3 is 0 Å². The predicted molar refractivity (Wildman–Crippen MR) is 77.6 cm³/mol. The Kier molecular flexibility index (Phi) is 5.07. The number of thiophene rings is 1. The molecule has 1 N–H and O–H groups in total. The summed E-state index contributed by atoms with van der Waals surface area (Å²) in [6.45, 7) is 2.79. The molecule has 0 saturated heterocycles. The van der Waals surface area contributed by atoms with Crippen LogP contribution in [0.25, 0.3) is 0 Å². The number of aryl methyl sites for hydroxylation is 1. The Balaban J connectivity index is 1.85. The van der Waals surface area contributed by atoms with Gasteiger partial charge in [-0.2, -0.15) is 0 Å². The van der Waals surface area contributed by atoms with Crippen molar-refractivity contribution in [2.75, 3.05) is 12.4 Å². The number of alkyl halides is 1. The number of carbonyl (C=O) groups is 1. The number of amides is 1. The van der Waals surface area contributed by atoms with Gasteiger partial charge in [0, 0.05) is 17.3 Å². The topological polar surface area (TPSA) is 29.1 Å².